The van der Waals surface area contributed by atoms with Crippen molar-refractivity contribution in [2.45, 2.75) is 26.8 Å². The minimum atomic E-state index is 0.242. The Kier molecular flexibility index (Phi) is 4.22. The molecule has 0 aliphatic rings. The van der Waals surface area contributed by atoms with E-state index in [0.717, 1.165) is 34.6 Å². The van der Waals surface area contributed by atoms with Crippen molar-refractivity contribution in [1.82, 2.24) is 4.98 Å². The number of nitrogens with one attached hydrogen (secondary N) is 1. The van der Waals surface area contributed by atoms with Gasteiger partial charge in [-0.2, -0.15) is 0 Å². The first-order chi connectivity index (χ1) is 9.10. The highest BCUT2D eigenvalue weighted by molar-refractivity contribution is 5.93. The molecule has 0 spiro atoms. The lowest BCUT2D eigenvalue weighted by atomic mass is 10.1. The molecular formula is C15H21N3O. The molecule has 3 N–H and O–H groups in total. The number of pyridine rings is 1. The predicted octanol–water partition coefficient (Wildman–Crippen LogP) is 2.96. The highest BCUT2D eigenvalue weighted by atomic mass is 16.5. The third kappa shape index (κ3) is 3.35. The number of nitrogens with two attached hydrogens (primary N) is 1. The van der Waals surface area contributed by atoms with Crippen molar-refractivity contribution in [1.29, 1.82) is 0 Å². The van der Waals surface area contributed by atoms with Gasteiger partial charge in [0.2, 0.25) is 0 Å². The van der Waals surface area contributed by atoms with Gasteiger partial charge in [0.15, 0.2) is 0 Å². The van der Waals surface area contributed by atoms with Gasteiger partial charge in [-0.15, -0.1) is 0 Å². The molecule has 0 fully saturated rings. The molecule has 0 aliphatic carbocycles. The van der Waals surface area contributed by atoms with Crippen molar-refractivity contribution in [2.75, 3.05) is 24.3 Å². The first-order valence-corrected chi connectivity index (χ1v) is 6.61. The van der Waals surface area contributed by atoms with E-state index in [4.69, 9.17) is 10.5 Å². The Morgan fingerprint density at radius 3 is 2.89 bits per heavy atom. The Hall–Kier alpha value is -1.81. The van der Waals surface area contributed by atoms with E-state index in [1.165, 1.54) is 0 Å². The zero-order valence-corrected chi connectivity index (χ0v) is 11.7. The number of fused-ring (bicyclic) bond motifs is 1. The van der Waals surface area contributed by atoms with Crippen LogP contribution in [0.4, 0.5) is 11.4 Å². The highest BCUT2D eigenvalue weighted by Gasteiger charge is 2.08. The Morgan fingerprint density at radius 2 is 2.16 bits per heavy atom. The summed E-state index contributed by atoms with van der Waals surface area (Å²) in [6, 6.07) is 8.08. The van der Waals surface area contributed by atoms with Crippen LogP contribution in [0.3, 0.4) is 0 Å². The van der Waals surface area contributed by atoms with Crippen molar-refractivity contribution in [3.63, 3.8) is 0 Å². The molecule has 0 radical (unpaired) electrons. The molecule has 1 heterocycles. The fraction of sp³-hybridized carbons (Fsp3) is 0.400. The lowest BCUT2D eigenvalue weighted by Crippen LogP contribution is -2.22. The molecule has 19 heavy (non-hydrogen) atoms. The summed E-state index contributed by atoms with van der Waals surface area (Å²) in [7, 11) is 0. The molecule has 0 aliphatic heterocycles. The van der Waals surface area contributed by atoms with Crippen LogP contribution in [0, 0.1) is 6.92 Å². The molecule has 0 amide bonds. The van der Waals surface area contributed by atoms with Crippen LogP contribution >= 0.6 is 0 Å². The van der Waals surface area contributed by atoms with Crippen molar-refractivity contribution in [2.24, 2.45) is 0 Å². The van der Waals surface area contributed by atoms with Gasteiger partial charge < -0.3 is 15.8 Å². The number of aromatic nitrogens is 1. The Morgan fingerprint density at radius 1 is 1.37 bits per heavy atom. The zero-order chi connectivity index (χ0) is 13.8. The maximum Gasteiger partial charge on any atom is 0.0727 e. The van der Waals surface area contributed by atoms with Crippen molar-refractivity contribution < 1.29 is 4.74 Å². The lowest BCUT2D eigenvalue weighted by Gasteiger charge is -2.17. The van der Waals surface area contributed by atoms with Crippen LogP contribution in [0.5, 0.6) is 0 Å². The average Bonchev–Trinajstić information content (AvgIpc) is 2.37. The standard InChI is InChI=1S/C15H21N3O/c1-4-19-9-11(3)18-15-7-10(2)17-14-6-5-12(16)8-13(14)15/h5-8,11H,4,9,16H2,1-3H3,(H,17,18). The summed E-state index contributed by atoms with van der Waals surface area (Å²) in [5.41, 5.74) is 9.62. The number of benzene rings is 1. The molecule has 1 atom stereocenters. The second kappa shape index (κ2) is 5.89. The topological polar surface area (TPSA) is 60.2 Å². The minimum absolute atomic E-state index is 0.242. The van der Waals surface area contributed by atoms with Gasteiger partial charge in [-0.3, -0.25) is 4.98 Å². The average molecular weight is 259 g/mol. The number of nitrogen functional groups attached to an aromatic ring is 1. The van der Waals surface area contributed by atoms with Crippen LogP contribution in [0.1, 0.15) is 19.5 Å². The number of nitrogens with zero attached hydrogens (tertiary/aromatic N) is 1. The van der Waals surface area contributed by atoms with Crippen molar-refractivity contribution in [3.8, 4) is 0 Å². The van der Waals surface area contributed by atoms with Gasteiger partial charge in [0.1, 0.15) is 0 Å². The molecule has 0 saturated carbocycles. The lowest BCUT2D eigenvalue weighted by molar-refractivity contribution is 0.141. The van der Waals surface area contributed by atoms with E-state index in [-0.39, 0.29) is 6.04 Å². The minimum Gasteiger partial charge on any atom is -0.399 e. The Labute approximate surface area is 114 Å². The van der Waals surface area contributed by atoms with Gasteiger partial charge in [0, 0.05) is 35.1 Å². The van der Waals surface area contributed by atoms with E-state index in [0.29, 0.717) is 6.61 Å². The molecule has 2 aromatic rings. The van der Waals surface area contributed by atoms with Gasteiger partial charge in [0.05, 0.1) is 12.1 Å². The smallest absolute Gasteiger partial charge is 0.0727 e. The molecule has 1 aromatic heterocycles. The maximum absolute atomic E-state index is 5.86. The van der Waals surface area contributed by atoms with E-state index >= 15 is 0 Å². The molecule has 1 unspecified atom stereocenters. The fourth-order valence-electron chi connectivity index (χ4n) is 2.10. The summed E-state index contributed by atoms with van der Waals surface area (Å²) in [6.07, 6.45) is 0. The number of anilines is 2. The molecule has 0 saturated heterocycles. The first kappa shape index (κ1) is 13.6. The maximum atomic E-state index is 5.86. The summed E-state index contributed by atoms with van der Waals surface area (Å²) in [4.78, 5) is 4.52. The van der Waals surface area contributed by atoms with Gasteiger partial charge in [-0.05, 0) is 45.0 Å². The SMILES string of the molecule is CCOCC(C)Nc1cc(C)nc2ccc(N)cc12. The van der Waals surface area contributed by atoms with Gasteiger partial charge in [0.25, 0.3) is 0 Å². The number of rotatable bonds is 5. The molecule has 4 heteroatoms. The number of hydrogen-bond donors (Lipinski definition) is 2. The fourth-order valence-corrected chi connectivity index (χ4v) is 2.10. The van der Waals surface area contributed by atoms with E-state index < -0.39 is 0 Å². The van der Waals surface area contributed by atoms with Crippen molar-refractivity contribution >= 4 is 22.3 Å². The molecule has 4 nitrogen and oxygen atoms in total. The van der Waals surface area contributed by atoms with Gasteiger partial charge in [-0.1, -0.05) is 0 Å². The Bertz CT molecular complexity index is 569. The third-order valence-corrected chi connectivity index (χ3v) is 2.93. The predicted molar refractivity (Wildman–Crippen MR) is 80.5 cm³/mol. The number of ether oxygens (including phenoxy) is 1. The van der Waals surface area contributed by atoms with Crippen LogP contribution in [0.25, 0.3) is 10.9 Å². The van der Waals surface area contributed by atoms with Crippen LogP contribution < -0.4 is 11.1 Å². The summed E-state index contributed by atoms with van der Waals surface area (Å²) >= 11 is 0. The van der Waals surface area contributed by atoms with Crippen LogP contribution in [-0.2, 0) is 4.74 Å². The molecule has 1 aromatic carbocycles. The summed E-state index contributed by atoms with van der Waals surface area (Å²) in [5.74, 6) is 0. The quantitative estimate of drug-likeness (QED) is 0.810. The van der Waals surface area contributed by atoms with E-state index in [1.807, 2.05) is 38.1 Å². The van der Waals surface area contributed by atoms with E-state index in [1.54, 1.807) is 0 Å². The van der Waals surface area contributed by atoms with Gasteiger partial charge in [-0.25, -0.2) is 0 Å². The first-order valence-electron chi connectivity index (χ1n) is 6.61. The van der Waals surface area contributed by atoms with Gasteiger partial charge >= 0.3 is 0 Å². The van der Waals surface area contributed by atoms with Crippen LogP contribution in [0.15, 0.2) is 24.3 Å². The molecule has 0 bridgehead atoms. The largest absolute Gasteiger partial charge is 0.399 e. The summed E-state index contributed by atoms with van der Waals surface area (Å²) in [5, 5.41) is 4.52. The molecule has 102 valence electrons. The second-order valence-electron chi connectivity index (χ2n) is 4.79. The van der Waals surface area contributed by atoms with E-state index in [9.17, 15) is 0 Å². The summed E-state index contributed by atoms with van der Waals surface area (Å²) in [6.45, 7) is 7.51. The Balaban J connectivity index is 2.33. The molecule has 2 rings (SSSR count). The van der Waals surface area contributed by atoms with Crippen LogP contribution in [0.2, 0.25) is 0 Å². The zero-order valence-electron chi connectivity index (χ0n) is 11.7. The molecular weight excluding hydrogens is 238 g/mol. The van der Waals surface area contributed by atoms with Crippen molar-refractivity contribution in [3.05, 3.63) is 30.0 Å². The third-order valence-electron chi connectivity index (χ3n) is 2.93. The monoisotopic (exact) mass is 259 g/mol. The number of hydrogen-bond acceptors (Lipinski definition) is 4. The normalized spacial score (nSPS) is 12.6. The number of aryl methyl sites for hydroxylation is 1. The van der Waals surface area contributed by atoms with Crippen LogP contribution in [-0.4, -0.2) is 24.2 Å². The van der Waals surface area contributed by atoms with E-state index in [2.05, 4.69) is 17.2 Å². The second-order valence-corrected chi connectivity index (χ2v) is 4.79. The highest BCUT2D eigenvalue weighted by Crippen LogP contribution is 2.25. The summed E-state index contributed by atoms with van der Waals surface area (Å²) < 4.78 is 5.43.